The molecule has 2 rings (SSSR count). The van der Waals surface area contributed by atoms with E-state index in [2.05, 4.69) is 10.6 Å². The van der Waals surface area contributed by atoms with E-state index >= 15 is 0 Å². The molecule has 19 heavy (non-hydrogen) atoms. The van der Waals surface area contributed by atoms with Gasteiger partial charge in [-0.2, -0.15) is 0 Å². The number of rotatable bonds is 3. The Morgan fingerprint density at radius 3 is 2.47 bits per heavy atom. The summed E-state index contributed by atoms with van der Waals surface area (Å²) in [5.41, 5.74) is 0. The largest absolute Gasteiger partial charge is 0.348 e. The zero-order valence-corrected chi connectivity index (χ0v) is 11.6. The molecule has 2 N–H and O–H groups in total. The third-order valence-corrected chi connectivity index (χ3v) is 4.16. The van der Waals surface area contributed by atoms with Crippen LogP contribution in [-0.2, 0) is 9.59 Å². The predicted octanol–water partition coefficient (Wildman–Crippen LogP) is 0.505. The van der Waals surface area contributed by atoms with Gasteiger partial charge in [0.05, 0.1) is 0 Å². The molecule has 2 fully saturated rings. The molecule has 5 heteroatoms. The molecule has 0 spiro atoms. The molecule has 1 saturated carbocycles. The van der Waals surface area contributed by atoms with Gasteiger partial charge >= 0.3 is 11.8 Å². The molecule has 0 unspecified atom stereocenters. The predicted molar refractivity (Wildman–Crippen MR) is 73.7 cm³/mol. The molecule has 0 aromatic carbocycles. The molecular weight excluding hydrogens is 242 g/mol. The second-order valence-corrected chi connectivity index (χ2v) is 5.59. The zero-order valence-electron chi connectivity index (χ0n) is 11.6. The second kappa shape index (κ2) is 7.48. The first kappa shape index (κ1) is 14.3. The quantitative estimate of drug-likeness (QED) is 0.732. The van der Waals surface area contributed by atoms with Gasteiger partial charge in [-0.05, 0) is 12.3 Å². The van der Waals surface area contributed by atoms with Gasteiger partial charge in [0.25, 0.3) is 0 Å². The molecule has 108 valence electrons. The van der Waals surface area contributed by atoms with Crippen molar-refractivity contribution in [2.75, 3.05) is 32.7 Å². The molecule has 1 heterocycles. The van der Waals surface area contributed by atoms with Crippen LogP contribution in [0.15, 0.2) is 0 Å². The van der Waals surface area contributed by atoms with E-state index in [-0.39, 0.29) is 5.91 Å². The van der Waals surface area contributed by atoms with Gasteiger partial charge in [0, 0.05) is 32.7 Å². The van der Waals surface area contributed by atoms with Crippen molar-refractivity contribution in [3.8, 4) is 0 Å². The van der Waals surface area contributed by atoms with Crippen LogP contribution in [0.4, 0.5) is 0 Å². The lowest BCUT2D eigenvalue weighted by atomic mass is 9.87. The van der Waals surface area contributed by atoms with Crippen LogP contribution < -0.4 is 10.6 Å². The van der Waals surface area contributed by atoms with E-state index in [0.29, 0.717) is 19.6 Å². The summed E-state index contributed by atoms with van der Waals surface area (Å²) >= 11 is 0. The van der Waals surface area contributed by atoms with E-state index in [1.54, 1.807) is 4.90 Å². The van der Waals surface area contributed by atoms with E-state index in [1.807, 2.05) is 0 Å². The summed E-state index contributed by atoms with van der Waals surface area (Å²) in [6.07, 6.45) is 7.56. The van der Waals surface area contributed by atoms with Crippen LogP contribution in [0.5, 0.6) is 0 Å². The summed E-state index contributed by atoms with van der Waals surface area (Å²) < 4.78 is 0. The number of hydrogen-bond acceptors (Lipinski definition) is 3. The summed E-state index contributed by atoms with van der Waals surface area (Å²) in [6, 6.07) is 0. The molecule has 2 amide bonds. The molecule has 1 aliphatic heterocycles. The Kier molecular flexibility index (Phi) is 5.63. The van der Waals surface area contributed by atoms with Crippen LogP contribution in [0.3, 0.4) is 0 Å². The molecule has 0 aromatic rings. The van der Waals surface area contributed by atoms with E-state index in [4.69, 9.17) is 0 Å². The third-order valence-electron chi connectivity index (χ3n) is 4.16. The van der Waals surface area contributed by atoms with Crippen LogP contribution >= 0.6 is 0 Å². The lowest BCUT2D eigenvalue weighted by Crippen LogP contribution is -2.51. The summed E-state index contributed by atoms with van der Waals surface area (Å²) in [7, 11) is 0. The topological polar surface area (TPSA) is 61.4 Å². The van der Waals surface area contributed by atoms with E-state index in [1.165, 1.54) is 32.1 Å². The number of carbonyl (C=O) groups excluding carboxylic acids is 2. The van der Waals surface area contributed by atoms with Crippen LogP contribution in [0.1, 0.15) is 38.5 Å². The van der Waals surface area contributed by atoms with Crippen molar-refractivity contribution in [1.29, 1.82) is 0 Å². The average Bonchev–Trinajstić information content (AvgIpc) is 2.48. The highest BCUT2D eigenvalue weighted by Gasteiger charge is 2.23. The zero-order chi connectivity index (χ0) is 13.5. The van der Waals surface area contributed by atoms with Crippen LogP contribution in [0.25, 0.3) is 0 Å². The Hall–Kier alpha value is -1.10. The molecule has 2 aliphatic rings. The van der Waals surface area contributed by atoms with E-state index in [0.717, 1.165) is 25.4 Å². The standard InChI is InChI=1S/C14H25N3O2/c18-13(14(19)17-10-8-15-9-11-17)16-7-6-12-4-2-1-3-5-12/h12,15H,1-11H2,(H,16,18). The summed E-state index contributed by atoms with van der Waals surface area (Å²) in [4.78, 5) is 25.3. The number of nitrogens with one attached hydrogen (secondary N) is 2. The van der Waals surface area contributed by atoms with Gasteiger partial charge in [-0.25, -0.2) is 0 Å². The van der Waals surface area contributed by atoms with Crippen molar-refractivity contribution in [3.63, 3.8) is 0 Å². The van der Waals surface area contributed by atoms with E-state index in [9.17, 15) is 9.59 Å². The van der Waals surface area contributed by atoms with Gasteiger partial charge in [-0.3, -0.25) is 9.59 Å². The summed E-state index contributed by atoms with van der Waals surface area (Å²) in [5.74, 6) is -0.0637. The third kappa shape index (κ3) is 4.49. The Balaban J connectivity index is 1.64. The van der Waals surface area contributed by atoms with Gasteiger partial charge in [-0.1, -0.05) is 32.1 Å². The molecule has 1 saturated heterocycles. The number of nitrogens with zero attached hydrogens (tertiary/aromatic N) is 1. The lowest BCUT2D eigenvalue weighted by Gasteiger charge is -2.27. The maximum Gasteiger partial charge on any atom is 0.311 e. The van der Waals surface area contributed by atoms with Crippen molar-refractivity contribution in [3.05, 3.63) is 0 Å². The normalized spacial score (nSPS) is 21.2. The number of hydrogen-bond donors (Lipinski definition) is 2. The minimum Gasteiger partial charge on any atom is -0.348 e. The molecule has 5 nitrogen and oxygen atoms in total. The summed E-state index contributed by atoms with van der Waals surface area (Å²) in [5, 5.41) is 5.95. The Bertz CT molecular complexity index is 308. The summed E-state index contributed by atoms with van der Waals surface area (Å²) in [6.45, 7) is 3.47. The molecular formula is C14H25N3O2. The Labute approximate surface area is 115 Å². The highest BCUT2D eigenvalue weighted by Crippen LogP contribution is 2.25. The SMILES string of the molecule is O=C(NCCC1CCCCC1)C(=O)N1CCNCC1. The van der Waals surface area contributed by atoms with Crippen molar-refractivity contribution in [2.45, 2.75) is 38.5 Å². The highest BCUT2D eigenvalue weighted by molar-refractivity contribution is 6.35. The number of piperazine rings is 1. The number of amides is 2. The number of carbonyl (C=O) groups is 2. The fourth-order valence-electron chi connectivity index (χ4n) is 2.95. The van der Waals surface area contributed by atoms with Crippen molar-refractivity contribution in [1.82, 2.24) is 15.5 Å². The molecule has 0 radical (unpaired) electrons. The maximum absolute atomic E-state index is 11.9. The van der Waals surface area contributed by atoms with Crippen LogP contribution in [-0.4, -0.2) is 49.4 Å². The maximum atomic E-state index is 11.9. The van der Waals surface area contributed by atoms with Crippen molar-refractivity contribution in [2.24, 2.45) is 5.92 Å². The van der Waals surface area contributed by atoms with Crippen LogP contribution in [0, 0.1) is 5.92 Å². The monoisotopic (exact) mass is 267 g/mol. The van der Waals surface area contributed by atoms with Gasteiger partial charge in [0.15, 0.2) is 0 Å². The van der Waals surface area contributed by atoms with Gasteiger partial charge < -0.3 is 15.5 Å². The first-order chi connectivity index (χ1) is 9.27. The van der Waals surface area contributed by atoms with Gasteiger partial charge in [0.1, 0.15) is 0 Å². The lowest BCUT2D eigenvalue weighted by molar-refractivity contribution is -0.146. The van der Waals surface area contributed by atoms with Gasteiger partial charge in [0.2, 0.25) is 0 Å². The Morgan fingerprint density at radius 1 is 1.11 bits per heavy atom. The van der Waals surface area contributed by atoms with Crippen molar-refractivity contribution >= 4 is 11.8 Å². The first-order valence-corrected chi connectivity index (χ1v) is 7.55. The van der Waals surface area contributed by atoms with Crippen LogP contribution in [0.2, 0.25) is 0 Å². The fourth-order valence-corrected chi connectivity index (χ4v) is 2.95. The molecule has 1 aliphatic carbocycles. The molecule has 0 bridgehead atoms. The average molecular weight is 267 g/mol. The molecule has 0 atom stereocenters. The minimum atomic E-state index is -0.433. The molecule has 0 aromatic heterocycles. The minimum absolute atomic E-state index is 0.370. The van der Waals surface area contributed by atoms with Gasteiger partial charge in [-0.15, -0.1) is 0 Å². The fraction of sp³-hybridized carbons (Fsp3) is 0.857. The first-order valence-electron chi connectivity index (χ1n) is 7.55. The smallest absolute Gasteiger partial charge is 0.311 e. The second-order valence-electron chi connectivity index (χ2n) is 5.59. The van der Waals surface area contributed by atoms with Crippen molar-refractivity contribution < 1.29 is 9.59 Å². The highest BCUT2D eigenvalue weighted by atomic mass is 16.2. The Morgan fingerprint density at radius 2 is 1.79 bits per heavy atom. The van der Waals surface area contributed by atoms with E-state index < -0.39 is 5.91 Å².